The molecule has 0 spiro atoms. The molecule has 0 unspecified atom stereocenters. The van der Waals surface area contributed by atoms with Crippen LogP contribution in [0, 0.1) is 13.8 Å². The van der Waals surface area contributed by atoms with Crippen LogP contribution in [-0.4, -0.2) is 32.3 Å². The molecule has 5 heteroatoms. The van der Waals surface area contributed by atoms with Crippen molar-refractivity contribution >= 4 is 17.0 Å². The molecule has 5 nitrogen and oxygen atoms in total. The third-order valence-electron chi connectivity index (χ3n) is 3.91. The second-order valence-corrected chi connectivity index (χ2v) is 6.20. The third-order valence-corrected chi connectivity index (χ3v) is 3.91. The van der Waals surface area contributed by atoms with Gasteiger partial charge in [0.2, 0.25) is 0 Å². The first kappa shape index (κ1) is 15.5. The average molecular weight is 290 g/mol. The van der Waals surface area contributed by atoms with Crippen molar-refractivity contribution in [3.63, 3.8) is 0 Å². The number of aryl methyl sites for hydroxylation is 3. The summed E-state index contributed by atoms with van der Waals surface area (Å²) < 4.78 is 1.92. The standard InChI is InChI=1S/C16H22N2O3/c1-10-7-12-13(8-11(10)2)18(6-5-14(20)21)15(17-12)16(3,4)9-19/h7-8,19H,5-6,9H2,1-4H3,(H,20,21). The Morgan fingerprint density at radius 2 is 1.90 bits per heavy atom. The smallest absolute Gasteiger partial charge is 0.305 e. The molecule has 0 saturated carbocycles. The molecule has 0 bridgehead atoms. The lowest BCUT2D eigenvalue weighted by atomic mass is 9.93. The van der Waals surface area contributed by atoms with E-state index in [1.54, 1.807) is 0 Å². The van der Waals surface area contributed by atoms with Gasteiger partial charge in [-0.1, -0.05) is 13.8 Å². The number of nitrogens with zero attached hydrogens (tertiary/aromatic N) is 2. The molecule has 2 rings (SSSR count). The Bertz CT molecular complexity index is 686. The molecule has 0 atom stereocenters. The summed E-state index contributed by atoms with van der Waals surface area (Å²) in [5.74, 6) is -0.111. The Balaban J connectivity index is 2.65. The number of carboxylic acid groups (broad SMARTS) is 1. The number of aliphatic hydroxyl groups excluding tert-OH is 1. The highest BCUT2D eigenvalue weighted by Gasteiger charge is 2.27. The monoisotopic (exact) mass is 290 g/mol. The number of imidazole rings is 1. The summed E-state index contributed by atoms with van der Waals surface area (Å²) in [5.41, 5.74) is 3.56. The number of rotatable bonds is 5. The van der Waals surface area contributed by atoms with Crippen molar-refractivity contribution in [3.8, 4) is 0 Å². The maximum absolute atomic E-state index is 10.9. The number of aliphatic carboxylic acids is 1. The number of benzene rings is 1. The van der Waals surface area contributed by atoms with Crippen LogP contribution >= 0.6 is 0 Å². The van der Waals surface area contributed by atoms with Gasteiger partial charge in [-0.25, -0.2) is 4.98 Å². The van der Waals surface area contributed by atoms with Gasteiger partial charge in [-0.3, -0.25) is 4.79 Å². The van der Waals surface area contributed by atoms with E-state index in [1.165, 1.54) is 0 Å². The van der Waals surface area contributed by atoms with E-state index in [2.05, 4.69) is 4.98 Å². The van der Waals surface area contributed by atoms with Gasteiger partial charge in [0.1, 0.15) is 5.82 Å². The number of fused-ring (bicyclic) bond motifs is 1. The van der Waals surface area contributed by atoms with Crippen LogP contribution in [0.5, 0.6) is 0 Å². The van der Waals surface area contributed by atoms with Gasteiger partial charge in [0.15, 0.2) is 0 Å². The van der Waals surface area contributed by atoms with Crippen LogP contribution in [0.4, 0.5) is 0 Å². The van der Waals surface area contributed by atoms with Gasteiger partial charge in [-0.15, -0.1) is 0 Å². The van der Waals surface area contributed by atoms with Gasteiger partial charge in [0, 0.05) is 12.0 Å². The lowest BCUT2D eigenvalue weighted by molar-refractivity contribution is -0.137. The van der Waals surface area contributed by atoms with Crippen LogP contribution in [0.25, 0.3) is 11.0 Å². The molecule has 21 heavy (non-hydrogen) atoms. The van der Waals surface area contributed by atoms with Gasteiger partial charge in [0.25, 0.3) is 0 Å². The van der Waals surface area contributed by atoms with Gasteiger partial charge < -0.3 is 14.8 Å². The zero-order valence-corrected chi connectivity index (χ0v) is 13.0. The summed E-state index contributed by atoms with van der Waals surface area (Å²) in [6.07, 6.45) is 0.0346. The summed E-state index contributed by atoms with van der Waals surface area (Å²) in [5, 5.41) is 18.6. The highest BCUT2D eigenvalue weighted by molar-refractivity contribution is 5.78. The molecule has 2 aromatic rings. The van der Waals surface area contributed by atoms with Crippen molar-refractivity contribution < 1.29 is 15.0 Å². The highest BCUT2D eigenvalue weighted by Crippen LogP contribution is 2.28. The molecule has 0 amide bonds. The van der Waals surface area contributed by atoms with Crippen LogP contribution in [0.3, 0.4) is 0 Å². The number of aromatic nitrogens is 2. The molecule has 0 aliphatic rings. The van der Waals surface area contributed by atoms with E-state index in [-0.39, 0.29) is 13.0 Å². The Kier molecular flexibility index (Phi) is 4.05. The van der Waals surface area contributed by atoms with E-state index in [0.29, 0.717) is 6.54 Å². The van der Waals surface area contributed by atoms with E-state index in [1.807, 2.05) is 44.4 Å². The minimum absolute atomic E-state index is 0.0346. The first-order valence-electron chi connectivity index (χ1n) is 7.07. The quantitative estimate of drug-likeness (QED) is 0.886. The topological polar surface area (TPSA) is 75.4 Å². The maximum atomic E-state index is 10.9. The first-order valence-corrected chi connectivity index (χ1v) is 7.07. The molecule has 0 aliphatic carbocycles. The summed E-state index contributed by atoms with van der Waals surface area (Å²) in [6, 6.07) is 4.05. The lowest BCUT2D eigenvalue weighted by Crippen LogP contribution is -2.27. The number of hydrogen-bond acceptors (Lipinski definition) is 3. The van der Waals surface area contributed by atoms with Crippen molar-refractivity contribution in [1.82, 2.24) is 9.55 Å². The van der Waals surface area contributed by atoms with Crippen LogP contribution in [0.15, 0.2) is 12.1 Å². The first-order chi connectivity index (χ1) is 9.76. The molecule has 1 aromatic heterocycles. The van der Waals surface area contributed by atoms with Crippen molar-refractivity contribution in [3.05, 3.63) is 29.1 Å². The average Bonchev–Trinajstić information content (AvgIpc) is 2.75. The van der Waals surface area contributed by atoms with Gasteiger partial charge in [0.05, 0.1) is 24.1 Å². The van der Waals surface area contributed by atoms with Crippen LogP contribution in [0.1, 0.15) is 37.2 Å². The number of carbonyl (C=O) groups is 1. The molecule has 1 heterocycles. The molecule has 0 radical (unpaired) electrons. The molecule has 0 saturated heterocycles. The van der Waals surface area contributed by atoms with E-state index >= 15 is 0 Å². The van der Waals surface area contributed by atoms with Crippen molar-refractivity contribution in [2.75, 3.05) is 6.61 Å². The maximum Gasteiger partial charge on any atom is 0.305 e. The Morgan fingerprint density at radius 3 is 2.48 bits per heavy atom. The fraction of sp³-hybridized carbons (Fsp3) is 0.500. The Labute approximate surface area is 124 Å². The third kappa shape index (κ3) is 2.93. The number of aliphatic hydroxyl groups is 1. The lowest BCUT2D eigenvalue weighted by Gasteiger charge is -2.22. The van der Waals surface area contributed by atoms with E-state index in [4.69, 9.17) is 5.11 Å². The second-order valence-electron chi connectivity index (χ2n) is 6.20. The second kappa shape index (κ2) is 5.48. The molecular formula is C16H22N2O3. The Morgan fingerprint density at radius 1 is 1.29 bits per heavy atom. The number of hydrogen-bond donors (Lipinski definition) is 2. The molecule has 0 aliphatic heterocycles. The van der Waals surface area contributed by atoms with Gasteiger partial charge in [-0.05, 0) is 37.1 Å². The predicted molar refractivity (Wildman–Crippen MR) is 81.6 cm³/mol. The van der Waals surface area contributed by atoms with Crippen LogP contribution < -0.4 is 0 Å². The fourth-order valence-corrected chi connectivity index (χ4v) is 2.40. The van der Waals surface area contributed by atoms with Crippen molar-refractivity contribution in [1.29, 1.82) is 0 Å². The zero-order valence-electron chi connectivity index (χ0n) is 13.0. The Hall–Kier alpha value is -1.88. The highest BCUT2D eigenvalue weighted by atomic mass is 16.4. The molecule has 0 fully saturated rings. The minimum atomic E-state index is -0.839. The SMILES string of the molecule is Cc1cc2nc(C(C)(C)CO)n(CCC(=O)O)c2cc1C. The summed E-state index contributed by atoms with van der Waals surface area (Å²) in [7, 11) is 0. The molecular weight excluding hydrogens is 268 g/mol. The summed E-state index contributed by atoms with van der Waals surface area (Å²) in [6.45, 7) is 8.19. The normalized spacial score (nSPS) is 12.0. The molecule has 2 N–H and O–H groups in total. The fourth-order valence-electron chi connectivity index (χ4n) is 2.40. The van der Waals surface area contributed by atoms with E-state index in [9.17, 15) is 9.90 Å². The molecule has 1 aromatic carbocycles. The summed E-state index contributed by atoms with van der Waals surface area (Å²) in [4.78, 5) is 15.5. The predicted octanol–water partition coefficient (Wildman–Crippen LogP) is 2.40. The van der Waals surface area contributed by atoms with E-state index in [0.717, 1.165) is 28.0 Å². The number of carboxylic acids is 1. The van der Waals surface area contributed by atoms with E-state index < -0.39 is 11.4 Å². The van der Waals surface area contributed by atoms with Gasteiger partial charge in [-0.2, -0.15) is 0 Å². The van der Waals surface area contributed by atoms with Gasteiger partial charge >= 0.3 is 5.97 Å². The van der Waals surface area contributed by atoms with Crippen molar-refractivity contribution in [2.24, 2.45) is 0 Å². The minimum Gasteiger partial charge on any atom is -0.481 e. The summed E-state index contributed by atoms with van der Waals surface area (Å²) >= 11 is 0. The van der Waals surface area contributed by atoms with Crippen LogP contribution in [0.2, 0.25) is 0 Å². The molecule has 114 valence electrons. The largest absolute Gasteiger partial charge is 0.481 e. The van der Waals surface area contributed by atoms with Crippen molar-refractivity contribution in [2.45, 2.75) is 46.1 Å². The zero-order chi connectivity index (χ0) is 15.8. The van der Waals surface area contributed by atoms with Crippen LogP contribution in [-0.2, 0) is 16.8 Å².